The predicted octanol–water partition coefficient (Wildman–Crippen LogP) is 3.45. The van der Waals surface area contributed by atoms with E-state index in [2.05, 4.69) is 15.3 Å². The summed E-state index contributed by atoms with van der Waals surface area (Å²) in [5.74, 6) is 0.146. The van der Waals surface area contributed by atoms with Crippen molar-refractivity contribution in [2.24, 2.45) is 5.92 Å². The normalized spacial score (nSPS) is 14.4. The van der Waals surface area contributed by atoms with Crippen LogP contribution >= 0.6 is 0 Å². The van der Waals surface area contributed by atoms with E-state index in [1.807, 2.05) is 38.1 Å². The first-order valence-corrected chi connectivity index (χ1v) is 10.1. The standard InChI is InChI=1S/C23H24N4O3/c1-14(2)20(21-24-17-10-5-6-11-18(17)25-21)26-19(28)12-7-13-27-22(29)15-8-3-4-9-16(15)23(27)30/h3-6,8-11,14,20H,7,12-13H2,1-2H3,(H,24,25)(H,26,28). The Hall–Kier alpha value is -3.48. The fourth-order valence-electron chi connectivity index (χ4n) is 3.76. The van der Waals surface area contributed by atoms with Crippen molar-refractivity contribution in [3.05, 3.63) is 65.5 Å². The molecule has 4 rings (SSSR count). The zero-order chi connectivity index (χ0) is 21.3. The number of para-hydroxylation sites is 2. The molecule has 3 aromatic rings. The van der Waals surface area contributed by atoms with Gasteiger partial charge in [-0.2, -0.15) is 0 Å². The van der Waals surface area contributed by atoms with Crippen LogP contribution in [0.2, 0.25) is 0 Å². The molecule has 1 aliphatic heterocycles. The number of fused-ring (bicyclic) bond motifs is 2. The van der Waals surface area contributed by atoms with Crippen LogP contribution in [0.25, 0.3) is 11.0 Å². The van der Waals surface area contributed by atoms with Crippen LogP contribution in [0.3, 0.4) is 0 Å². The average molecular weight is 404 g/mol. The van der Waals surface area contributed by atoms with Gasteiger partial charge in [0.2, 0.25) is 5.91 Å². The van der Waals surface area contributed by atoms with E-state index in [4.69, 9.17) is 0 Å². The second-order valence-electron chi connectivity index (χ2n) is 7.84. The Morgan fingerprint density at radius 3 is 2.30 bits per heavy atom. The van der Waals surface area contributed by atoms with Gasteiger partial charge in [-0.25, -0.2) is 4.98 Å². The van der Waals surface area contributed by atoms with Crippen molar-refractivity contribution in [1.82, 2.24) is 20.2 Å². The number of hydrogen-bond acceptors (Lipinski definition) is 4. The summed E-state index contributed by atoms with van der Waals surface area (Å²) in [6.07, 6.45) is 0.624. The van der Waals surface area contributed by atoms with Crippen LogP contribution in [0.15, 0.2) is 48.5 Å². The third-order valence-electron chi connectivity index (χ3n) is 5.35. The molecule has 1 aliphatic rings. The minimum absolute atomic E-state index is 0.134. The fraction of sp³-hybridized carbons (Fsp3) is 0.304. The summed E-state index contributed by atoms with van der Waals surface area (Å²) in [5.41, 5.74) is 2.64. The van der Waals surface area contributed by atoms with Gasteiger partial charge in [0.1, 0.15) is 5.82 Å². The zero-order valence-electron chi connectivity index (χ0n) is 17.0. The van der Waals surface area contributed by atoms with Gasteiger partial charge in [-0.3, -0.25) is 19.3 Å². The largest absolute Gasteiger partial charge is 0.346 e. The van der Waals surface area contributed by atoms with E-state index in [0.29, 0.717) is 17.5 Å². The van der Waals surface area contributed by atoms with E-state index in [0.717, 1.165) is 16.9 Å². The minimum Gasteiger partial charge on any atom is -0.346 e. The van der Waals surface area contributed by atoms with Gasteiger partial charge in [-0.05, 0) is 36.6 Å². The zero-order valence-corrected chi connectivity index (χ0v) is 17.0. The molecule has 0 aliphatic carbocycles. The van der Waals surface area contributed by atoms with Gasteiger partial charge in [0.25, 0.3) is 11.8 Å². The molecule has 1 aromatic heterocycles. The van der Waals surface area contributed by atoms with Crippen molar-refractivity contribution >= 4 is 28.8 Å². The minimum atomic E-state index is -0.293. The van der Waals surface area contributed by atoms with Gasteiger partial charge >= 0.3 is 0 Å². The van der Waals surface area contributed by atoms with E-state index >= 15 is 0 Å². The summed E-state index contributed by atoms with van der Waals surface area (Å²) in [6, 6.07) is 14.3. The molecular weight excluding hydrogens is 380 g/mol. The molecule has 0 saturated heterocycles. The molecular formula is C23H24N4O3. The third-order valence-corrected chi connectivity index (χ3v) is 5.35. The highest BCUT2D eigenvalue weighted by molar-refractivity contribution is 6.21. The number of aromatic amines is 1. The van der Waals surface area contributed by atoms with Crippen LogP contribution in [0.5, 0.6) is 0 Å². The number of amides is 3. The van der Waals surface area contributed by atoms with Crippen LogP contribution in [0.4, 0.5) is 0 Å². The smallest absolute Gasteiger partial charge is 0.261 e. The molecule has 2 heterocycles. The first-order valence-electron chi connectivity index (χ1n) is 10.1. The Balaban J connectivity index is 1.36. The highest BCUT2D eigenvalue weighted by atomic mass is 16.2. The predicted molar refractivity (Wildman–Crippen MR) is 113 cm³/mol. The van der Waals surface area contributed by atoms with Crippen LogP contribution in [-0.4, -0.2) is 39.1 Å². The molecule has 0 radical (unpaired) electrons. The Morgan fingerprint density at radius 2 is 1.67 bits per heavy atom. The number of benzene rings is 2. The van der Waals surface area contributed by atoms with Crippen LogP contribution in [-0.2, 0) is 4.79 Å². The van der Waals surface area contributed by atoms with E-state index < -0.39 is 0 Å². The van der Waals surface area contributed by atoms with E-state index in [9.17, 15) is 14.4 Å². The summed E-state index contributed by atoms with van der Waals surface area (Å²) in [4.78, 5) is 46.5. The maximum atomic E-state index is 12.6. The topological polar surface area (TPSA) is 95.2 Å². The van der Waals surface area contributed by atoms with Crippen molar-refractivity contribution in [3.8, 4) is 0 Å². The Bertz CT molecular complexity index is 1050. The van der Waals surface area contributed by atoms with Gasteiger partial charge in [0, 0.05) is 13.0 Å². The molecule has 3 amide bonds. The highest BCUT2D eigenvalue weighted by Gasteiger charge is 2.34. The molecule has 30 heavy (non-hydrogen) atoms. The van der Waals surface area contributed by atoms with Gasteiger partial charge < -0.3 is 10.3 Å². The lowest BCUT2D eigenvalue weighted by molar-refractivity contribution is -0.122. The maximum Gasteiger partial charge on any atom is 0.261 e. The number of imide groups is 1. The van der Waals surface area contributed by atoms with Crippen LogP contribution in [0.1, 0.15) is 59.3 Å². The fourth-order valence-corrected chi connectivity index (χ4v) is 3.76. The van der Waals surface area contributed by atoms with Crippen molar-refractivity contribution in [2.75, 3.05) is 6.54 Å². The first kappa shape index (κ1) is 19.8. The van der Waals surface area contributed by atoms with Gasteiger partial charge in [-0.1, -0.05) is 38.1 Å². The highest BCUT2D eigenvalue weighted by Crippen LogP contribution is 2.24. The number of aromatic nitrogens is 2. The molecule has 7 nitrogen and oxygen atoms in total. The van der Waals surface area contributed by atoms with Crippen LogP contribution < -0.4 is 5.32 Å². The summed E-state index contributed by atoms with van der Waals surface area (Å²) < 4.78 is 0. The average Bonchev–Trinajstić information content (AvgIpc) is 3.27. The number of rotatable bonds is 7. The molecule has 0 spiro atoms. The molecule has 2 aromatic carbocycles. The molecule has 2 N–H and O–H groups in total. The lowest BCUT2D eigenvalue weighted by Crippen LogP contribution is -2.34. The second-order valence-corrected chi connectivity index (χ2v) is 7.84. The number of nitrogens with one attached hydrogen (secondary N) is 2. The van der Waals surface area contributed by atoms with Crippen molar-refractivity contribution in [3.63, 3.8) is 0 Å². The van der Waals surface area contributed by atoms with Gasteiger partial charge in [0.15, 0.2) is 0 Å². The second kappa shape index (κ2) is 8.10. The number of carbonyl (C=O) groups is 3. The number of carbonyl (C=O) groups excluding carboxylic acids is 3. The van der Waals surface area contributed by atoms with Crippen molar-refractivity contribution in [2.45, 2.75) is 32.7 Å². The number of nitrogens with zero attached hydrogens (tertiary/aromatic N) is 2. The van der Waals surface area contributed by atoms with E-state index in [1.54, 1.807) is 24.3 Å². The number of H-pyrrole nitrogens is 1. The summed E-state index contributed by atoms with van der Waals surface area (Å²) in [7, 11) is 0. The molecule has 0 fully saturated rings. The van der Waals surface area contributed by atoms with Crippen molar-refractivity contribution < 1.29 is 14.4 Å². The van der Waals surface area contributed by atoms with Crippen LogP contribution in [0, 0.1) is 5.92 Å². The quantitative estimate of drug-likeness (QED) is 0.590. The molecule has 0 bridgehead atoms. The van der Waals surface area contributed by atoms with E-state index in [-0.39, 0.29) is 42.6 Å². The monoisotopic (exact) mass is 404 g/mol. The van der Waals surface area contributed by atoms with Gasteiger partial charge in [0.05, 0.1) is 28.2 Å². The lowest BCUT2D eigenvalue weighted by atomic mass is 10.0. The van der Waals surface area contributed by atoms with Gasteiger partial charge in [-0.15, -0.1) is 0 Å². The molecule has 7 heteroatoms. The number of imidazole rings is 1. The summed E-state index contributed by atoms with van der Waals surface area (Å²) in [5, 5.41) is 3.04. The lowest BCUT2D eigenvalue weighted by Gasteiger charge is -2.20. The molecule has 154 valence electrons. The first-order chi connectivity index (χ1) is 14.5. The third kappa shape index (κ3) is 3.70. The number of hydrogen-bond donors (Lipinski definition) is 2. The summed E-state index contributed by atoms with van der Waals surface area (Å²) >= 11 is 0. The maximum absolute atomic E-state index is 12.6. The Morgan fingerprint density at radius 1 is 1.03 bits per heavy atom. The van der Waals surface area contributed by atoms with Crippen molar-refractivity contribution in [1.29, 1.82) is 0 Å². The molecule has 1 atom stereocenters. The Labute approximate surface area is 174 Å². The SMILES string of the molecule is CC(C)C(NC(=O)CCCN1C(=O)c2ccccc2C1=O)c1nc2ccccc2[nH]1. The summed E-state index contributed by atoms with van der Waals surface area (Å²) in [6.45, 7) is 4.27. The van der Waals surface area contributed by atoms with E-state index in [1.165, 1.54) is 4.90 Å². The molecule has 0 saturated carbocycles. The molecule has 1 unspecified atom stereocenters. The Kier molecular flexibility index (Phi) is 5.35.